The first-order valence-electron chi connectivity index (χ1n) is 12.2. The molecule has 0 radical (unpaired) electrons. The summed E-state index contributed by atoms with van der Waals surface area (Å²) in [6.07, 6.45) is 4.57. The van der Waals surface area contributed by atoms with Gasteiger partial charge in [0.2, 0.25) is 21.8 Å². The van der Waals surface area contributed by atoms with Crippen LogP contribution < -0.4 is 0 Å². The predicted octanol–water partition coefficient (Wildman–Crippen LogP) is 1.69. The Morgan fingerprint density at radius 2 is 1.48 bits per heavy atom. The van der Waals surface area contributed by atoms with Gasteiger partial charge in [-0.15, -0.1) is 0 Å². The maximum Gasteiger partial charge on any atom is 0.243 e. The number of piperidine rings is 1. The first kappa shape index (κ1) is 24.2. The Morgan fingerprint density at radius 3 is 2.12 bits per heavy atom. The molecule has 8 nitrogen and oxygen atoms in total. The van der Waals surface area contributed by atoms with Crippen molar-refractivity contribution in [1.29, 1.82) is 0 Å². The lowest BCUT2D eigenvalue weighted by molar-refractivity contribution is -0.140. The average Bonchev–Trinajstić information content (AvgIpc) is 3.35. The Hall–Kier alpha value is -1.97. The van der Waals surface area contributed by atoms with E-state index in [9.17, 15) is 18.0 Å². The van der Waals surface area contributed by atoms with E-state index in [1.807, 2.05) is 18.7 Å². The van der Waals surface area contributed by atoms with Crippen LogP contribution in [0.1, 0.15) is 44.6 Å². The summed E-state index contributed by atoms with van der Waals surface area (Å²) in [6.45, 7) is 8.22. The minimum Gasteiger partial charge on any atom is -0.341 e. The highest BCUT2D eigenvalue weighted by Crippen LogP contribution is 2.28. The standard InChI is InChI=1S/C24H36N4O4S/c1-19-8-10-21(11-9-19)33(31,32)28-14-6-7-22(28)24(30)27-17-15-25(16-18-27)20(2)23(29)26-12-4-3-5-13-26/h8-11,20,22H,3-7,12-18H2,1-2H3/t20-,22+/m1/s1. The number of aryl methyl sites for hydroxylation is 1. The highest BCUT2D eigenvalue weighted by atomic mass is 32.2. The molecule has 4 rings (SSSR count). The van der Waals surface area contributed by atoms with Crippen molar-refractivity contribution in [1.82, 2.24) is 19.0 Å². The van der Waals surface area contributed by atoms with E-state index in [1.165, 1.54) is 10.7 Å². The predicted molar refractivity (Wildman–Crippen MR) is 126 cm³/mol. The Morgan fingerprint density at radius 1 is 0.848 bits per heavy atom. The van der Waals surface area contributed by atoms with Gasteiger partial charge in [0.25, 0.3) is 0 Å². The molecule has 3 fully saturated rings. The highest BCUT2D eigenvalue weighted by Gasteiger charge is 2.42. The fourth-order valence-electron chi connectivity index (χ4n) is 5.20. The van der Waals surface area contributed by atoms with Gasteiger partial charge in [-0.3, -0.25) is 14.5 Å². The third kappa shape index (κ3) is 5.10. The molecule has 0 aromatic heterocycles. The Bertz CT molecular complexity index is 951. The second-order valence-corrected chi connectivity index (χ2v) is 11.4. The molecule has 33 heavy (non-hydrogen) atoms. The summed E-state index contributed by atoms with van der Waals surface area (Å²) in [5.41, 5.74) is 0.994. The molecule has 0 N–H and O–H groups in total. The molecule has 0 bridgehead atoms. The number of amides is 2. The van der Waals surface area contributed by atoms with Crippen LogP contribution in [0.25, 0.3) is 0 Å². The molecule has 9 heteroatoms. The smallest absolute Gasteiger partial charge is 0.243 e. The zero-order chi connectivity index (χ0) is 23.6. The van der Waals surface area contributed by atoms with E-state index in [0.29, 0.717) is 45.6 Å². The number of benzene rings is 1. The molecule has 3 aliphatic heterocycles. The maximum absolute atomic E-state index is 13.3. The lowest BCUT2D eigenvalue weighted by Crippen LogP contribution is -2.58. The number of likely N-dealkylation sites (tertiary alicyclic amines) is 1. The zero-order valence-electron chi connectivity index (χ0n) is 19.8. The normalized spacial score (nSPS) is 24.1. The summed E-state index contributed by atoms with van der Waals surface area (Å²) in [4.78, 5) is 32.3. The molecular weight excluding hydrogens is 440 g/mol. The van der Waals surface area contributed by atoms with Crippen LogP contribution in [0, 0.1) is 6.92 Å². The Labute approximate surface area is 197 Å². The van der Waals surface area contributed by atoms with Crippen molar-refractivity contribution in [3.63, 3.8) is 0 Å². The zero-order valence-corrected chi connectivity index (χ0v) is 20.6. The molecule has 3 heterocycles. The van der Waals surface area contributed by atoms with Gasteiger partial charge in [0.15, 0.2) is 0 Å². The molecule has 3 aliphatic rings. The number of sulfonamides is 1. The van der Waals surface area contributed by atoms with Crippen molar-refractivity contribution < 1.29 is 18.0 Å². The topological polar surface area (TPSA) is 81.2 Å². The van der Waals surface area contributed by atoms with E-state index >= 15 is 0 Å². The number of nitrogens with zero attached hydrogens (tertiary/aromatic N) is 4. The van der Waals surface area contributed by atoms with Gasteiger partial charge < -0.3 is 9.80 Å². The second kappa shape index (κ2) is 10.1. The van der Waals surface area contributed by atoms with E-state index in [0.717, 1.165) is 31.5 Å². The number of hydrogen-bond acceptors (Lipinski definition) is 5. The van der Waals surface area contributed by atoms with Gasteiger partial charge in [-0.05, 0) is 58.1 Å². The van der Waals surface area contributed by atoms with Gasteiger partial charge in [0, 0.05) is 45.8 Å². The summed E-state index contributed by atoms with van der Waals surface area (Å²) in [5.74, 6) is 0.0680. The number of piperazine rings is 1. The van der Waals surface area contributed by atoms with Gasteiger partial charge in [-0.25, -0.2) is 8.42 Å². The van der Waals surface area contributed by atoms with Crippen molar-refractivity contribution in [3.05, 3.63) is 29.8 Å². The average molecular weight is 477 g/mol. The van der Waals surface area contributed by atoms with Gasteiger partial charge in [-0.2, -0.15) is 4.31 Å². The number of carbonyl (C=O) groups excluding carboxylic acids is 2. The number of rotatable bonds is 5. The van der Waals surface area contributed by atoms with Gasteiger partial charge in [0.1, 0.15) is 6.04 Å². The molecule has 0 saturated carbocycles. The van der Waals surface area contributed by atoms with E-state index in [1.54, 1.807) is 29.2 Å². The molecular formula is C24H36N4O4S. The number of carbonyl (C=O) groups is 2. The van der Waals surface area contributed by atoms with Crippen LogP contribution in [0.3, 0.4) is 0 Å². The van der Waals surface area contributed by atoms with E-state index in [4.69, 9.17) is 0 Å². The van der Waals surface area contributed by atoms with Crippen LogP contribution in [0.4, 0.5) is 0 Å². The lowest BCUT2D eigenvalue weighted by Gasteiger charge is -2.40. The summed E-state index contributed by atoms with van der Waals surface area (Å²) in [6, 6.07) is 5.96. The van der Waals surface area contributed by atoms with Crippen molar-refractivity contribution in [3.8, 4) is 0 Å². The lowest BCUT2D eigenvalue weighted by atomic mass is 10.1. The van der Waals surface area contributed by atoms with Gasteiger partial charge in [-0.1, -0.05) is 17.7 Å². The van der Waals surface area contributed by atoms with Gasteiger partial charge in [0.05, 0.1) is 10.9 Å². The van der Waals surface area contributed by atoms with Crippen LogP contribution in [0.5, 0.6) is 0 Å². The van der Waals surface area contributed by atoms with E-state index < -0.39 is 16.1 Å². The summed E-state index contributed by atoms with van der Waals surface area (Å²) in [5, 5.41) is 0. The van der Waals surface area contributed by atoms with Crippen LogP contribution in [0.2, 0.25) is 0 Å². The SMILES string of the molecule is Cc1ccc(S(=O)(=O)N2CCC[C@H]2C(=O)N2CCN([C@H](C)C(=O)N3CCCCC3)CC2)cc1. The fraction of sp³-hybridized carbons (Fsp3) is 0.667. The minimum absolute atomic E-state index is 0.113. The largest absolute Gasteiger partial charge is 0.341 e. The van der Waals surface area contributed by atoms with E-state index in [-0.39, 0.29) is 22.8 Å². The van der Waals surface area contributed by atoms with Gasteiger partial charge >= 0.3 is 0 Å². The van der Waals surface area contributed by atoms with Crippen LogP contribution in [-0.4, -0.2) is 97.1 Å². The van der Waals surface area contributed by atoms with E-state index in [2.05, 4.69) is 4.90 Å². The molecule has 182 valence electrons. The molecule has 0 unspecified atom stereocenters. The molecule has 1 aromatic rings. The molecule has 2 atom stereocenters. The Kier molecular flexibility index (Phi) is 7.40. The van der Waals surface area contributed by atoms with Crippen LogP contribution in [0.15, 0.2) is 29.2 Å². The third-order valence-corrected chi connectivity index (χ3v) is 9.24. The first-order valence-corrected chi connectivity index (χ1v) is 13.6. The maximum atomic E-state index is 13.3. The fourth-order valence-corrected chi connectivity index (χ4v) is 6.85. The van der Waals surface area contributed by atoms with Crippen molar-refractivity contribution in [2.24, 2.45) is 0 Å². The number of hydrogen-bond donors (Lipinski definition) is 0. The highest BCUT2D eigenvalue weighted by molar-refractivity contribution is 7.89. The Balaban J connectivity index is 1.36. The summed E-state index contributed by atoms with van der Waals surface area (Å²) in [7, 11) is -3.71. The van der Waals surface area contributed by atoms with Crippen LogP contribution in [-0.2, 0) is 19.6 Å². The first-order chi connectivity index (χ1) is 15.8. The summed E-state index contributed by atoms with van der Waals surface area (Å²) < 4.78 is 27.8. The molecule has 2 amide bonds. The third-order valence-electron chi connectivity index (χ3n) is 7.32. The van der Waals surface area contributed by atoms with Crippen LogP contribution >= 0.6 is 0 Å². The summed E-state index contributed by atoms with van der Waals surface area (Å²) >= 11 is 0. The molecule has 0 aliphatic carbocycles. The quantitative estimate of drug-likeness (QED) is 0.646. The van der Waals surface area contributed by atoms with Crippen molar-refractivity contribution in [2.45, 2.75) is 62.9 Å². The second-order valence-electron chi connectivity index (χ2n) is 9.51. The molecule has 0 spiro atoms. The van der Waals surface area contributed by atoms with Crippen molar-refractivity contribution in [2.75, 3.05) is 45.8 Å². The molecule has 3 saturated heterocycles. The van der Waals surface area contributed by atoms with Crippen molar-refractivity contribution >= 4 is 21.8 Å². The minimum atomic E-state index is -3.71. The molecule has 1 aromatic carbocycles. The monoisotopic (exact) mass is 476 g/mol.